The fourth-order valence-corrected chi connectivity index (χ4v) is 3.42. The molecule has 1 aliphatic carbocycles. The summed E-state index contributed by atoms with van der Waals surface area (Å²) >= 11 is 0. The van der Waals surface area contributed by atoms with Gasteiger partial charge in [0.2, 0.25) is 5.91 Å². The van der Waals surface area contributed by atoms with Crippen LogP contribution in [0.1, 0.15) is 48.4 Å². The van der Waals surface area contributed by atoms with Gasteiger partial charge in [0.15, 0.2) is 6.61 Å². The quantitative estimate of drug-likeness (QED) is 0.834. The monoisotopic (exact) mass is 353 g/mol. The number of fused-ring (bicyclic) bond motifs is 1. The van der Waals surface area contributed by atoms with E-state index >= 15 is 0 Å². The molecule has 1 aliphatic rings. The number of carboxylic acids is 1. The number of nitrogens with one attached hydrogen (secondary N) is 1. The Bertz CT molecular complexity index is 785. The highest BCUT2D eigenvalue weighted by Crippen LogP contribution is 2.32. The number of rotatable bonds is 6. The van der Waals surface area contributed by atoms with Gasteiger partial charge in [-0.3, -0.25) is 4.79 Å². The summed E-state index contributed by atoms with van der Waals surface area (Å²) in [5, 5.41) is 11.7. The first kappa shape index (κ1) is 18.0. The van der Waals surface area contributed by atoms with E-state index in [9.17, 15) is 9.59 Å². The van der Waals surface area contributed by atoms with Gasteiger partial charge in [-0.2, -0.15) is 0 Å². The van der Waals surface area contributed by atoms with Crippen molar-refractivity contribution < 1.29 is 19.4 Å². The van der Waals surface area contributed by atoms with Gasteiger partial charge >= 0.3 is 5.97 Å². The van der Waals surface area contributed by atoms with Crippen molar-refractivity contribution in [2.24, 2.45) is 0 Å². The van der Waals surface area contributed by atoms with Gasteiger partial charge < -0.3 is 15.2 Å². The Hall–Kier alpha value is -2.82. The summed E-state index contributed by atoms with van der Waals surface area (Å²) in [5.74, 6) is -0.560. The van der Waals surface area contributed by atoms with Crippen molar-refractivity contribution in [1.29, 1.82) is 0 Å². The summed E-state index contributed by atoms with van der Waals surface area (Å²) in [6.07, 6.45) is 2.93. The Morgan fingerprint density at radius 1 is 1.19 bits per heavy atom. The van der Waals surface area contributed by atoms with Crippen molar-refractivity contribution in [3.63, 3.8) is 0 Å². The lowest BCUT2D eigenvalue weighted by Gasteiger charge is -2.26. The van der Waals surface area contributed by atoms with Crippen LogP contribution in [0.15, 0.2) is 48.5 Å². The van der Waals surface area contributed by atoms with E-state index in [0.29, 0.717) is 5.75 Å². The zero-order chi connectivity index (χ0) is 18.5. The Labute approximate surface area is 153 Å². The van der Waals surface area contributed by atoms with E-state index in [0.717, 1.165) is 30.4 Å². The van der Waals surface area contributed by atoms with Crippen LogP contribution in [0.4, 0.5) is 0 Å². The lowest BCUT2D eigenvalue weighted by molar-refractivity contribution is -0.139. The lowest BCUT2D eigenvalue weighted by Crippen LogP contribution is -2.33. The van der Waals surface area contributed by atoms with Crippen molar-refractivity contribution in [1.82, 2.24) is 5.32 Å². The molecule has 0 radical (unpaired) electrons. The van der Waals surface area contributed by atoms with Gasteiger partial charge in [0.05, 0.1) is 12.0 Å². The molecule has 2 atom stereocenters. The van der Waals surface area contributed by atoms with Gasteiger partial charge in [-0.05, 0) is 55.0 Å². The summed E-state index contributed by atoms with van der Waals surface area (Å²) in [5.41, 5.74) is 3.36. The minimum absolute atomic E-state index is 0.0517. The van der Waals surface area contributed by atoms with Crippen LogP contribution >= 0.6 is 0 Å². The van der Waals surface area contributed by atoms with E-state index < -0.39 is 5.97 Å². The Kier molecular flexibility index (Phi) is 5.56. The van der Waals surface area contributed by atoms with Crippen molar-refractivity contribution in [2.75, 3.05) is 6.61 Å². The third-order valence-corrected chi connectivity index (χ3v) is 4.79. The molecule has 5 nitrogen and oxygen atoms in total. The number of amides is 1. The van der Waals surface area contributed by atoms with E-state index in [-0.39, 0.29) is 24.5 Å². The maximum atomic E-state index is 12.8. The van der Waals surface area contributed by atoms with Gasteiger partial charge in [-0.15, -0.1) is 0 Å². The van der Waals surface area contributed by atoms with Gasteiger partial charge in [0.25, 0.3) is 0 Å². The molecule has 0 aromatic heterocycles. The Morgan fingerprint density at radius 2 is 1.92 bits per heavy atom. The zero-order valence-corrected chi connectivity index (χ0v) is 14.8. The van der Waals surface area contributed by atoms with Crippen molar-refractivity contribution in [3.8, 4) is 5.75 Å². The van der Waals surface area contributed by atoms with E-state index in [1.807, 2.05) is 31.2 Å². The average Bonchev–Trinajstić information content (AvgIpc) is 2.66. The van der Waals surface area contributed by atoms with Crippen LogP contribution in [0.5, 0.6) is 5.75 Å². The van der Waals surface area contributed by atoms with E-state index in [1.54, 1.807) is 12.1 Å². The second kappa shape index (κ2) is 8.04. The molecular weight excluding hydrogens is 330 g/mol. The first-order chi connectivity index (χ1) is 12.5. The molecule has 0 bridgehead atoms. The van der Waals surface area contributed by atoms with Crippen molar-refractivity contribution in [3.05, 3.63) is 65.2 Å². The van der Waals surface area contributed by atoms with Crippen molar-refractivity contribution >= 4 is 11.9 Å². The number of aliphatic carboxylic acids is 1. The number of ether oxygens (including phenoxy) is 1. The SMILES string of the molecule is CC(NC(=O)C1CCCc2ccccc21)c1ccc(OCC(=O)O)cc1. The number of carboxylic acid groups (broad SMARTS) is 1. The molecule has 0 spiro atoms. The highest BCUT2D eigenvalue weighted by atomic mass is 16.5. The first-order valence-electron chi connectivity index (χ1n) is 8.87. The highest BCUT2D eigenvalue weighted by molar-refractivity contribution is 5.84. The summed E-state index contributed by atoms with van der Waals surface area (Å²) in [6, 6.07) is 15.2. The lowest BCUT2D eigenvalue weighted by atomic mass is 9.82. The van der Waals surface area contributed by atoms with Crippen LogP contribution < -0.4 is 10.1 Å². The Balaban J connectivity index is 1.64. The van der Waals surface area contributed by atoms with Crippen molar-refractivity contribution in [2.45, 2.75) is 38.1 Å². The predicted octanol–water partition coefficient (Wildman–Crippen LogP) is 3.45. The number of hydrogen-bond acceptors (Lipinski definition) is 3. The average molecular weight is 353 g/mol. The first-order valence-corrected chi connectivity index (χ1v) is 8.87. The topological polar surface area (TPSA) is 75.6 Å². The molecule has 0 aliphatic heterocycles. The van der Waals surface area contributed by atoms with Crippen LogP contribution in [-0.2, 0) is 16.0 Å². The minimum Gasteiger partial charge on any atom is -0.482 e. The molecule has 2 aromatic carbocycles. The standard InChI is InChI=1S/C21H23NO4/c1-14(15-9-11-17(12-10-15)26-13-20(23)24)22-21(25)19-8-4-6-16-5-2-3-7-18(16)19/h2-3,5,7,9-12,14,19H,4,6,8,13H2,1H3,(H,22,25)(H,23,24). The molecule has 26 heavy (non-hydrogen) atoms. The smallest absolute Gasteiger partial charge is 0.341 e. The fraction of sp³-hybridized carbons (Fsp3) is 0.333. The van der Waals surface area contributed by atoms with Gasteiger partial charge in [-0.25, -0.2) is 4.79 Å². The van der Waals surface area contributed by atoms with Gasteiger partial charge in [0, 0.05) is 0 Å². The van der Waals surface area contributed by atoms with Crippen LogP contribution in [0, 0.1) is 0 Å². The molecule has 5 heteroatoms. The zero-order valence-electron chi connectivity index (χ0n) is 14.8. The van der Waals surface area contributed by atoms with Crippen LogP contribution in [0.25, 0.3) is 0 Å². The molecule has 0 saturated heterocycles. The summed E-state index contributed by atoms with van der Waals surface area (Å²) < 4.78 is 5.13. The predicted molar refractivity (Wildman–Crippen MR) is 98.3 cm³/mol. The van der Waals surface area contributed by atoms with Gasteiger partial charge in [-0.1, -0.05) is 36.4 Å². The number of carbonyl (C=O) groups excluding carboxylic acids is 1. The van der Waals surface area contributed by atoms with Gasteiger partial charge in [0.1, 0.15) is 5.75 Å². The largest absolute Gasteiger partial charge is 0.482 e. The third kappa shape index (κ3) is 4.23. The van der Waals surface area contributed by atoms with E-state index in [4.69, 9.17) is 9.84 Å². The normalized spacial score (nSPS) is 17.0. The molecule has 3 rings (SSSR count). The van der Waals surface area contributed by atoms with Crippen LogP contribution in [0.3, 0.4) is 0 Å². The number of aryl methyl sites for hydroxylation is 1. The Morgan fingerprint density at radius 3 is 2.65 bits per heavy atom. The molecule has 0 saturated carbocycles. The van der Waals surface area contributed by atoms with Crippen LogP contribution in [0.2, 0.25) is 0 Å². The molecular formula is C21H23NO4. The number of benzene rings is 2. The number of carbonyl (C=O) groups is 2. The minimum atomic E-state index is -1.01. The molecule has 2 N–H and O–H groups in total. The van der Waals surface area contributed by atoms with Crippen LogP contribution in [-0.4, -0.2) is 23.6 Å². The summed E-state index contributed by atoms with van der Waals surface area (Å²) in [6.45, 7) is 1.58. The molecule has 0 fully saturated rings. The second-order valence-electron chi connectivity index (χ2n) is 6.63. The maximum Gasteiger partial charge on any atom is 0.341 e. The molecule has 1 amide bonds. The summed E-state index contributed by atoms with van der Waals surface area (Å²) in [4.78, 5) is 23.3. The molecule has 2 aromatic rings. The molecule has 2 unspecified atom stereocenters. The second-order valence-corrected chi connectivity index (χ2v) is 6.63. The highest BCUT2D eigenvalue weighted by Gasteiger charge is 2.27. The van der Waals surface area contributed by atoms with E-state index in [1.165, 1.54) is 5.56 Å². The number of hydrogen-bond donors (Lipinski definition) is 2. The molecule has 136 valence electrons. The fourth-order valence-electron chi connectivity index (χ4n) is 3.42. The summed E-state index contributed by atoms with van der Waals surface area (Å²) in [7, 11) is 0. The molecule has 0 heterocycles. The third-order valence-electron chi connectivity index (χ3n) is 4.79. The maximum absolute atomic E-state index is 12.8. The van der Waals surface area contributed by atoms with E-state index in [2.05, 4.69) is 17.4 Å².